The fraction of sp³-hybridized carbons (Fsp3) is 0.0952. The molecule has 0 saturated carbocycles. The lowest BCUT2D eigenvalue weighted by Crippen LogP contribution is -2.35. The highest BCUT2D eigenvalue weighted by atomic mass is 32.1. The van der Waals surface area contributed by atoms with E-state index in [1.807, 2.05) is 31.2 Å². The van der Waals surface area contributed by atoms with Gasteiger partial charge in [-0.3, -0.25) is 9.59 Å². The van der Waals surface area contributed by atoms with Crippen LogP contribution in [0.4, 0.5) is 11.4 Å². The van der Waals surface area contributed by atoms with E-state index in [0.29, 0.717) is 11.4 Å². The van der Waals surface area contributed by atoms with Crippen molar-refractivity contribution in [3.8, 4) is 0 Å². The Bertz CT molecular complexity index is 1000. The number of rotatable bonds is 5. The zero-order valence-electron chi connectivity index (χ0n) is 15.2. The van der Waals surface area contributed by atoms with Crippen molar-refractivity contribution < 1.29 is 14.0 Å². The van der Waals surface area contributed by atoms with Crippen LogP contribution in [0.3, 0.4) is 0 Å². The Morgan fingerprint density at radius 2 is 1.71 bits per heavy atom. The standard InChI is InChI=1S/C21H19N3O3S/c1-14-6-2-3-7-15(14)12-19(25)24-21(28)23-17-9-4-8-16(13-17)22-20(26)18-10-5-11-27-18/h2-11,13H,12H2,1H3,(H,22,26)(H2,23,24,25,28). The maximum absolute atomic E-state index is 12.2. The topological polar surface area (TPSA) is 83.4 Å². The minimum absolute atomic E-state index is 0.188. The highest BCUT2D eigenvalue weighted by Gasteiger charge is 2.10. The van der Waals surface area contributed by atoms with E-state index >= 15 is 0 Å². The van der Waals surface area contributed by atoms with Crippen LogP contribution in [0.25, 0.3) is 0 Å². The lowest BCUT2D eigenvalue weighted by molar-refractivity contribution is -0.119. The highest BCUT2D eigenvalue weighted by molar-refractivity contribution is 7.80. The van der Waals surface area contributed by atoms with E-state index in [1.54, 1.807) is 36.4 Å². The molecule has 0 atom stereocenters. The van der Waals surface area contributed by atoms with Crippen LogP contribution in [0, 0.1) is 6.92 Å². The second-order valence-corrected chi connectivity index (χ2v) is 6.53. The van der Waals surface area contributed by atoms with Gasteiger partial charge in [0, 0.05) is 11.4 Å². The molecule has 1 heterocycles. The molecule has 0 aliphatic heterocycles. The van der Waals surface area contributed by atoms with Crippen LogP contribution in [0.1, 0.15) is 21.7 Å². The molecule has 0 saturated heterocycles. The maximum Gasteiger partial charge on any atom is 0.291 e. The molecule has 3 N–H and O–H groups in total. The van der Waals surface area contributed by atoms with Crippen molar-refractivity contribution in [2.24, 2.45) is 0 Å². The molecule has 0 spiro atoms. The van der Waals surface area contributed by atoms with E-state index in [1.165, 1.54) is 6.26 Å². The van der Waals surface area contributed by atoms with Gasteiger partial charge in [0.2, 0.25) is 5.91 Å². The van der Waals surface area contributed by atoms with Gasteiger partial charge in [0.05, 0.1) is 12.7 Å². The molecule has 142 valence electrons. The third-order valence-corrected chi connectivity index (χ3v) is 4.19. The number of amides is 2. The van der Waals surface area contributed by atoms with Crippen molar-refractivity contribution >= 4 is 40.5 Å². The van der Waals surface area contributed by atoms with Gasteiger partial charge in [-0.2, -0.15) is 0 Å². The normalized spacial score (nSPS) is 10.2. The maximum atomic E-state index is 12.2. The Morgan fingerprint density at radius 1 is 0.964 bits per heavy atom. The lowest BCUT2D eigenvalue weighted by Gasteiger charge is -2.12. The average molecular weight is 393 g/mol. The number of anilines is 2. The summed E-state index contributed by atoms with van der Waals surface area (Å²) >= 11 is 5.21. The van der Waals surface area contributed by atoms with Gasteiger partial charge in [0.25, 0.3) is 5.91 Å². The van der Waals surface area contributed by atoms with Crippen molar-refractivity contribution in [1.82, 2.24) is 5.32 Å². The monoisotopic (exact) mass is 393 g/mol. The number of thiocarbonyl (C=S) groups is 1. The molecule has 0 radical (unpaired) electrons. The minimum Gasteiger partial charge on any atom is -0.459 e. The van der Waals surface area contributed by atoms with E-state index in [-0.39, 0.29) is 29.1 Å². The van der Waals surface area contributed by atoms with Crippen LogP contribution in [0.2, 0.25) is 0 Å². The Morgan fingerprint density at radius 3 is 2.43 bits per heavy atom. The van der Waals surface area contributed by atoms with Crippen LogP contribution < -0.4 is 16.0 Å². The van der Waals surface area contributed by atoms with Gasteiger partial charge in [-0.15, -0.1) is 0 Å². The summed E-state index contributed by atoms with van der Waals surface area (Å²) < 4.78 is 5.07. The van der Waals surface area contributed by atoms with Gasteiger partial charge in [0.1, 0.15) is 0 Å². The van der Waals surface area contributed by atoms with Crippen LogP contribution >= 0.6 is 12.2 Å². The molecule has 0 aliphatic carbocycles. The first kappa shape index (κ1) is 19.3. The van der Waals surface area contributed by atoms with Crippen LogP contribution in [0.15, 0.2) is 71.3 Å². The molecule has 3 aromatic rings. The molecule has 2 amide bonds. The van der Waals surface area contributed by atoms with Crippen LogP contribution in [-0.4, -0.2) is 16.9 Å². The molecule has 0 fully saturated rings. The summed E-state index contributed by atoms with van der Waals surface area (Å²) in [5, 5.41) is 8.53. The molecule has 0 unspecified atom stereocenters. The first-order chi connectivity index (χ1) is 13.5. The Balaban J connectivity index is 1.56. The third-order valence-electron chi connectivity index (χ3n) is 3.99. The number of carbonyl (C=O) groups is 2. The lowest BCUT2D eigenvalue weighted by atomic mass is 10.1. The molecule has 3 rings (SSSR count). The summed E-state index contributed by atoms with van der Waals surface area (Å²) in [6.45, 7) is 1.96. The molecular formula is C21H19N3O3S. The first-order valence-electron chi connectivity index (χ1n) is 8.61. The average Bonchev–Trinajstić information content (AvgIpc) is 3.18. The van der Waals surface area contributed by atoms with Crippen molar-refractivity contribution in [2.45, 2.75) is 13.3 Å². The molecular weight excluding hydrogens is 374 g/mol. The number of carbonyl (C=O) groups excluding carboxylic acids is 2. The largest absolute Gasteiger partial charge is 0.459 e. The number of hydrogen-bond acceptors (Lipinski definition) is 4. The van der Waals surface area contributed by atoms with Crippen LogP contribution in [0.5, 0.6) is 0 Å². The van der Waals surface area contributed by atoms with Crippen molar-refractivity contribution in [1.29, 1.82) is 0 Å². The zero-order valence-corrected chi connectivity index (χ0v) is 16.0. The number of aryl methyl sites for hydroxylation is 1. The van der Waals surface area contributed by atoms with E-state index in [9.17, 15) is 9.59 Å². The summed E-state index contributed by atoms with van der Waals surface area (Å²) in [4.78, 5) is 24.3. The van der Waals surface area contributed by atoms with Gasteiger partial charge in [0.15, 0.2) is 10.9 Å². The summed E-state index contributed by atoms with van der Waals surface area (Å²) in [6, 6.07) is 17.9. The van der Waals surface area contributed by atoms with Gasteiger partial charge < -0.3 is 20.4 Å². The second-order valence-electron chi connectivity index (χ2n) is 6.12. The van der Waals surface area contributed by atoms with Crippen molar-refractivity contribution in [3.63, 3.8) is 0 Å². The SMILES string of the molecule is Cc1ccccc1CC(=O)NC(=S)Nc1cccc(NC(=O)c2ccco2)c1. The van der Waals surface area contributed by atoms with Crippen LogP contribution in [-0.2, 0) is 11.2 Å². The summed E-state index contributed by atoms with van der Waals surface area (Å²) in [7, 11) is 0. The predicted octanol–water partition coefficient (Wildman–Crippen LogP) is 3.90. The predicted molar refractivity (Wildman–Crippen MR) is 112 cm³/mol. The summed E-state index contributed by atoms with van der Waals surface area (Å²) in [5.74, 6) is -0.331. The Labute approximate surface area is 167 Å². The fourth-order valence-electron chi connectivity index (χ4n) is 2.59. The van der Waals surface area contributed by atoms with Crippen molar-refractivity contribution in [3.05, 3.63) is 83.8 Å². The van der Waals surface area contributed by atoms with Gasteiger partial charge in [-0.25, -0.2) is 0 Å². The molecule has 0 aliphatic rings. The highest BCUT2D eigenvalue weighted by Crippen LogP contribution is 2.16. The minimum atomic E-state index is -0.351. The first-order valence-corrected chi connectivity index (χ1v) is 9.02. The Hall–Kier alpha value is -3.45. The second kappa shape index (κ2) is 8.96. The molecule has 28 heavy (non-hydrogen) atoms. The number of furan rings is 1. The molecule has 7 heteroatoms. The third kappa shape index (κ3) is 5.28. The Kier molecular flexibility index (Phi) is 6.18. The molecule has 1 aromatic heterocycles. The number of nitrogens with one attached hydrogen (secondary N) is 3. The van der Waals surface area contributed by atoms with E-state index in [0.717, 1.165) is 11.1 Å². The fourth-order valence-corrected chi connectivity index (χ4v) is 2.82. The number of hydrogen-bond donors (Lipinski definition) is 3. The number of benzene rings is 2. The molecule has 2 aromatic carbocycles. The smallest absolute Gasteiger partial charge is 0.291 e. The van der Waals surface area contributed by atoms with E-state index < -0.39 is 0 Å². The van der Waals surface area contributed by atoms with Crippen molar-refractivity contribution in [2.75, 3.05) is 10.6 Å². The van der Waals surface area contributed by atoms with E-state index in [4.69, 9.17) is 16.6 Å². The van der Waals surface area contributed by atoms with Gasteiger partial charge in [-0.1, -0.05) is 30.3 Å². The van der Waals surface area contributed by atoms with Gasteiger partial charge in [-0.05, 0) is 60.6 Å². The van der Waals surface area contributed by atoms with E-state index in [2.05, 4.69) is 16.0 Å². The quantitative estimate of drug-likeness (QED) is 0.573. The summed E-state index contributed by atoms with van der Waals surface area (Å²) in [5.41, 5.74) is 3.21. The summed E-state index contributed by atoms with van der Waals surface area (Å²) in [6.07, 6.45) is 1.68. The zero-order chi connectivity index (χ0) is 19.9. The van der Waals surface area contributed by atoms with Gasteiger partial charge >= 0.3 is 0 Å². The molecule has 6 nitrogen and oxygen atoms in total. The molecule has 0 bridgehead atoms.